The van der Waals surface area contributed by atoms with E-state index in [1.165, 1.54) is 5.56 Å². The number of benzene rings is 2. The van der Waals surface area contributed by atoms with Crippen LogP contribution in [-0.2, 0) is 0 Å². The molecular weight excluding hydrogens is 353 g/mol. The second kappa shape index (κ2) is 7.45. The number of nitrogens with zero attached hydrogens (tertiary/aromatic N) is 3. The Morgan fingerprint density at radius 1 is 1.21 bits per heavy atom. The van der Waals surface area contributed by atoms with E-state index in [-0.39, 0.29) is 6.54 Å². The number of halogens is 1. The molecule has 1 aromatic heterocycles. The maximum Gasteiger partial charge on any atom is 0.149 e. The van der Waals surface area contributed by atoms with Crippen molar-refractivity contribution in [1.29, 1.82) is 5.26 Å². The monoisotopic (exact) mass is 375 g/mol. The minimum Gasteiger partial charge on any atom is -0.365 e. The van der Waals surface area contributed by atoms with E-state index < -0.39 is 5.67 Å². The maximum atomic E-state index is 14.7. The van der Waals surface area contributed by atoms with Gasteiger partial charge in [-0.15, -0.1) is 5.10 Å². The van der Waals surface area contributed by atoms with Crippen molar-refractivity contribution in [2.75, 3.05) is 25.0 Å². The SMILES string of the molecule is Cc1ccc(-c2cc(NCC3(F)CCNC3)nn2-c2ccc(C#N)cc2)cc1. The number of nitriles is 1. The summed E-state index contributed by atoms with van der Waals surface area (Å²) >= 11 is 0. The summed E-state index contributed by atoms with van der Waals surface area (Å²) in [5.41, 5.74) is 3.30. The van der Waals surface area contributed by atoms with Gasteiger partial charge in [0.25, 0.3) is 0 Å². The number of hydrogen-bond donors (Lipinski definition) is 2. The summed E-state index contributed by atoms with van der Waals surface area (Å²) in [7, 11) is 0. The Hall–Kier alpha value is -3.17. The molecule has 0 aliphatic carbocycles. The molecule has 142 valence electrons. The molecule has 0 spiro atoms. The summed E-state index contributed by atoms with van der Waals surface area (Å²) in [5.74, 6) is 0.629. The molecule has 2 aromatic carbocycles. The zero-order valence-electron chi connectivity index (χ0n) is 15.7. The van der Waals surface area contributed by atoms with Crippen LogP contribution in [0.4, 0.5) is 10.2 Å². The van der Waals surface area contributed by atoms with Gasteiger partial charge in [0.15, 0.2) is 0 Å². The fourth-order valence-electron chi connectivity index (χ4n) is 3.38. The highest BCUT2D eigenvalue weighted by atomic mass is 19.1. The van der Waals surface area contributed by atoms with E-state index in [0.29, 0.717) is 30.9 Å². The van der Waals surface area contributed by atoms with Crippen LogP contribution in [0.3, 0.4) is 0 Å². The minimum absolute atomic E-state index is 0.220. The summed E-state index contributed by atoms with van der Waals surface area (Å²) in [4.78, 5) is 0. The van der Waals surface area contributed by atoms with E-state index in [1.54, 1.807) is 12.1 Å². The Bertz CT molecular complexity index is 993. The molecule has 1 fully saturated rings. The number of aromatic nitrogens is 2. The van der Waals surface area contributed by atoms with Crippen LogP contribution in [-0.4, -0.2) is 35.1 Å². The van der Waals surface area contributed by atoms with Gasteiger partial charge in [-0.05, 0) is 44.2 Å². The molecule has 1 saturated heterocycles. The standard InChI is InChI=1S/C22H22FN5/c1-16-2-6-18(7-3-16)20-12-21(26-15-22(23)10-11-25-14-22)27-28(20)19-8-4-17(13-24)5-9-19/h2-9,12,25H,10-11,14-15H2,1H3,(H,26,27). The lowest BCUT2D eigenvalue weighted by Gasteiger charge is -2.18. The van der Waals surface area contributed by atoms with Gasteiger partial charge < -0.3 is 10.6 Å². The molecule has 1 aliphatic heterocycles. The van der Waals surface area contributed by atoms with E-state index in [0.717, 1.165) is 16.9 Å². The first kappa shape index (κ1) is 18.2. The third-order valence-corrected chi connectivity index (χ3v) is 5.08. The molecule has 1 aliphatic rings. The molecule has 6 heteroatoms. The zero-order chi connectivity index (χ0) is 19.6. The molecule has 2 heterocycles. The minimum atomic E-state index is -1.25. The van der Waals surface area contributed by atoms with Crippen molar-refractivity contribution < 1.29 is 4.39 Å². The van der Waals surface area contributed by atoms with Crippen LogP contribution >= 0.6 is 0 Å². The van der Waals surface area contributed by atoms with Gasteiger partial charge in [-0.25, -0.2) is 9.07 Å². The Labute approximate surface area is 163 Å². The van der Waals surface area contributed by atoms with Gasteiger partial charge in [-0.2, -0.15) is 5.26 Å². The lowest BCUT2D eigenvalue weighted by atomic mass is 10.1. The highest BCUT2D eigenvalue weighted by molar-refractivity contribution is 5.66. The first-order valence-corrected chi connectivity index (χ1v) is 9.37. The average molecular weight is 375 g/mol. The first-order chi connectivity index (χ1) is 13.6. The molecule has 1 unspecified atom stereocenters. The van der Waals surface area contributed by atoms with Crippen LogP contribution in [0, 0.1) is 18.3 Å². The quantitative estimate of drug-likeness (QED) is 0.711. The van der Waals surface area contributed by atoms with E-state index in [9.17, 15) is 4.39 Å². The molecule has 3 aromatic rings. The summed E-state index contributed by atoms with van der Waals surface area (Å²) in [6.07, 6.45) is 0.501. The van der Waals surface area contributed by atoms with Gasteiger partial charge in [0.05, 0.1) is 29.6 Å². The third-order valence-electron chi connectivity index (χ3n) is 5.08. The maximum absolute atomic E-state index is 14.7. The fraction of sp³-hybridized carbons (Fsp3) is 0.273. The third kappa shape index (κ3) is 3.75. The first-order valence-electron chi connectivity index (χ1n) is 9.37. The van der Waals surface area contributed by atoms with Crippen molar-refractivity contribution >= 4 is 5.82 Å². The summed E-state index contributed by atoms with van der Waals surface area (Å²) in [5, 5.41) is 19.9. The Balaban J connectivity index is 1.68. The second-order valence-corrected chi connectivity index (χ2v) is 7.28. The van der Waals surface area contributed by atoms with Gasteiger partial charge in [0.1, 0.15) is 11.5 Å². The van der Waals surface area contributed by atoms with Crippen molar-refractivity contribution in [2.45, 2.75) is 19.0 Å². The molecule has 28 heavy (non-hydrogen) atoms. The second-order valence-electron chi connectivity index (χ2n) is 7.28. The molecule has 4 rings (SSSR count). The van der Waals surface area contributed by atoms with Crippen molar-refractivity contribution in [2.24, 2.45) is 0 Å². The molecule has 0 amide bonds. The fourth-order valence-corrected chi connectivity index (χ4v) is 3.38. The average Bonchev–Trinajstić information content (AvgIpc) is 3.34. The van der Waals surface area contributed by atoms with Gasteiger partial charge in [-0.3, -0.25) is 0 Å². The van der Waals surface area contributed by atoms with Gasteiger partial charge in [-0.1, -0.05) is 29.8 Å². The van der Waals surface area contributed by atoms with Crippen molar-refractivity contribution in [3.63, 3.8) is 0 Å². The van der Waals surface area contributed by atoms with E-state index in [4.69, 9.17) is 5.26 Å². The van der Waals surface area contributed by atoms with Gasteiger partial charge in [0.2, 0.25) is 0 Å². The molecule has 2 N–H and O–H groups in total. The Morgan fingerprint density at radius 2 is 1.96 bits per heavy atom. The molecule has 0 radical (unpaired) electrons. The molecule has 0 saturated carbocycles. The smallest absolute Gasteiger partial charge is 0.149 e. The molecule has 0 bridgehead atoms. The topological polar surface area (TPSA) is 65.7 Å². The lowest BCUT2D eigenvalue weighted by Crippen LogP contribution is -2.34. The van der Waals surface area contributed by atoms with Crippen molar-refractivity contribution in [3.8, 4) is 23.0 Å². The number of hydrogen-bond acceptors (Lipinski definition) is 4. The van der Waals surface area contributed by atoms with Gasteiger partial charge >= 0.3 is 0 Å². The Kier molecular flexibility index (Phi) is 4.84. The van der Waals surface area contributed by atoms with Crippen molar-refractivity contribution in [3.05, 3.63) is 65.7 Å². The van der Waals surface area contributed by atoms with E-state index >= 15 is 0 Å². The number of aryl methyl sites for hydroxylation is 1. The van der Waals surface area contributed by atoms with Crippen LogP contribution in [0.1, 0.15) is 17.5 Å². The zero-order valence-corrected chi connectivity index (χ0v) is 15.7. The van der Waals surface area contributed by atoms with Crippen molar-refractivity contribution in [1.82, 2.24) is 15.1 Å². The summed E-state index contributed by atoms with van der Waals surface area (Å²) in [6, 6.07) is 19.5. The predicted molar refractivity (Wildman–Crippen MR) is 108 cm³/mol. The Morgan fingerprint density at radius 3 is 2.61 bits per heavy atom. The summed E-state index contributed by atoms with van der Waals surface area (Å²) in [6.45, 7) is 3.33. The lowest BCUT2D eigenvalue weighted by molar-refractivity contribution is 0.207. The van der Waals surface area contributed by atoms with Gasteiger partial charge in [0, 0.05) is 18.2 Å². The van der Waals surface area contributed by atoms with Crippen LogP contribution in [0.15, 0.2) is 54.6 Å². The van der Waals surface area contributed by atoms with Crippen LogP contribution in [0.5, 0.6) is 0 Å². The number of nitrogens with one attached hydrogen (secondary N) is 2. The van der Waals surface area contributed by atoms with Crippen LogP contribution in [0.2, 0.25) is 0 Å². The van der Waals surface area contributed by atoms with Crippen LogP contribution < -0.4 is 10.6 Å². The highest BCUT2D eigenvalue weighted by Gasteiger charge is 2.33. The number of rotatable bonds is 5. The predicted octanol–water partition coefficient (Wildman–Crippen LogP) is 3.83. The molecular formula is C22H22FN5. The number of alkyl halides is 1. The molecule has 1 atom stereocenters. The molecule has 5 nitrogen and oxygen atoms in total. The normalized spacial score (nSPS) is 18.8. The number of anilines is 1. The largest absolute Gasteiger partial charge is 0.365 e. The summed E-state index contributed by atoms with van der Waals surface area (Å²) < 4.78 is 16.5. The van der Waals surface area contributed by atoms with Crippen LogP contribution in [0.25, 0.3) is 16.9 Å². The highest BCUT2D eigenvalue weighted by Crippen LogP contribution is 2.28. The van der Waals surface area contributed by atoms with E-state index in [1.807, 2.05) is 41.9 Å². The van der Waals surface area contributed by atoms with E-state index in [2.05, 4.69) is 33.9 Å².